The molecule has 2 heteroatoms. The van der Waals surface area contributed by atoms with Gasteiger partial charge in [-0.1, -0.05) is 60.7 Å². The summed E-state index contributed by atoms with van der Waals surface area (Å²) in [6, 6.07) is 19.2. The van der Waals surface area contributed by atoms with Crippen LogP contribution < -0.4 is 0 Å². The maximum Gasteiger partial charge on any atom is 0.0166 e. The molecule has 2 aromatic rings. The first-order valence-corrected chi connectivity index (χ1v) is 6.65. The second-order valence-corrected chi connectivity index (χ2v) is 5.06. The molecule has 0 heterocycles. The Hall–Kier alpha value is -1.57. The van der Waals surface area contributed by atoms with Gasteiger partial charge in [-0.15, -0.1) is 12.4 Å². The van der Waals surface area contributed by atoms with Crippen molar-refractivity contribution in [3.05, 3.63) is 77.4 Å². The first-order chi connectivity index (χ1) is 9.18. The number of halogens is 1. The second-order valence-electron chi connectivity index (χ2n) is 5.06. The molecule has 0 unspecified atom stereocenters. The summed E-state index contributed by atoms with van der Waals surface area (Å²) in [4.78, 5) is 2.18. The standard InChI is InChI=1S/C18H21N.ClH/c1-15-9-7-8-12-17(15)18(13-14-19(2)3)16-10-5-4-6-11-16;/h4-13H,14H2,1-3H3;1H/b18-13+;. The maximum atomic E-state index is 2.30. The van der Waals surface area contributed by atoms with E-state index in [1.54, 1.807) is 0 Å². The van der Waals surface area contributed by atoms with Gasteiger partial charge in [0.2, 0.25) is 0 Å². The van der Waals surface area contributed by atoms with Gasteiger partial charge < -0.3 is 4.90 Å². The molecule has 2 rings (SSSR count). The van der Waals surface area contributed by atoms with Crippen molar-refractivity contribution >= 4 is 18.0 Å². The monoisotopic (exact) mass is 287 g/mol. The van der Waals surface area contributed by atoms with Crippen molar-refractivity contribution in [2.24, 2.45) is 0 Å². The topological polar surface area (TPSA) is 3.24 Å². The molecular weight excluding hydrogens is 266 g/mol. The highest BCUT2D eigenvalue weighted by molar-refractivity contribution is 5.85. The summed E-state index contributed by atoms with van der Waals surface area (Å²) in [6.07, 6.45) is 2.30. The van der Waals surface area contributed by atoms with Gasteiger partial charge in [-0.25, -0.2) is 0 Å². The summed E-state index contributed by atoms with van der Waals surface area (Å²) < 4.78 is 0. The Morgan fingerprint density at radius 1 is 0.950 bits per heavy atom. The normalized spacial score (nSPS) is 11.3. The molecule has 0 aliphatic carbocycles. The van der Waals surface area contributed by atoms with Crippen molar-refractivity contribution in [1.82, 2.24) is 4.90 Å². The molecule has 0 atom stereocenters. The van der Waals surface area contributed by atoms with Crippen LogP contribution in [0.15, 0.2) is 60.7 Å². The van der Waals surface area contributed by atoms with E-state index in [2.05, 4.69) is 86.6 Å². The highest BCUT2D eigenvalue weighted by atomic mass is 35.5. The molecule has 0 saturated heterocycles. The van der Waals surface area contributed by atoms with E-state index in [4.69, 9.17) is 0 Å². The van der Waals surface area contributed by atoms with Crippen molar-refractivity contribution in [1.29, 1.82) is 0 Å². The van der Waals surface area contributed by atoms with Crippen LogP contribution in [0.3, 0.4) is 0 Å². The van der Waals surface area contributed by atoms with E-state index < -0.39 is 0 Å². The van der Waals surface area contributed by atoms with Gasteiger partial charge in [0.1, 0.15) is 0 Å². The van der Waals surface area contributed by atoms with Crippen LogP contribution in [0.1, 0.15) is 16.7 Å². The molecule has 0 bridgehead atoms. The lowest BCUT2D eigenvalue weighted by Gasteiger charge is -2.13. The van der Waals surface area contributed by atoms with Crippen LogP contribution in [0.5, 0.6) is 0 Å². The molecule has 106 valence electrons. The smallest absolute Gasteiger partial charge is 0.0166 e. The van der Waals surface area contributed by atoms with Crippen LogP contribution in [0.25, 0.3) is 5.57 Å². The summed E-state index contributed by atoms with van der Waals surface area (Å²) in [7, 11) is 4.19. The van der Waals surface area contributed by atoms with Crippen LogP contribution in [0, 0.1) is 6.92 Å². The average Bonchev–Trinajstić information content (AvgIpc) is 2.42. The summed E-state index contributed by atoms with van der Waals surface area (Å²) >= 11 is 0. The molecule has 0 radical (unpaired) electrons. The molecule has 2 aromatic carbocycles. The van der Waals surface area contributed by atoms with E-state index in [9.17, 15) is 0 Å². The van der Waals surface area contributed by atoms with Crippen molar-refractivity contribution in [3.8, 4) is 0 Å². The van der Waals surface area contributed by atoms with E-state index >= 15 is 0 Å². The van der Waals surface area contributed by atoms with E-state index in [1.807, 2.05) is 0 Å². The first kappa shape index (κ1) is 16.5. The Morgan fingerprint density at radius 2 is 1.55 bits per heavy atom. The van der Waals surface area contributed by atoms with Crippen molar-refractivity contribution < 1.29 is 0 Å². The first-order valence-electron chi connectivity index (χ1n) is 6.65. The quantitative estimate of drug-likeness (QED) is 0.805. The van der Waals surface area contributed by atoms with Crippen molar-refractivity contribution in [2.75, 3.05) is 20.6 Å². The lowest BCUT2D eigenvalue weighted by Crippen LogP contribution is -2.11. The fourth-order valence-electron chi connectivity index (χ4n) is 2.15. The number of nitrogens with zero attached hydrogens (tertiary/aromatic N) is 1. The fraction of sp³-hybridized carbons (Fsp3) is 0.222. The average molecular weight is 288 g/mol. The maximum absolute atomic E-state index is 2.30. The summed E-state index contributed by atoms with van der Waals surface area (Å²) in [5.74, 6) is 0. The third-order valence-corrected chi connectivity index (χ3v) is 3.18. The van der Waals surface area contributed by atoms with Crippen LogP contribution >= 0.6 is 12.4 Å². The zero-order valence-corrected chi connectivity index (χ0v) is 13.2. The largest absolute Gasteiger partial charge is 0.306 e. The van der Waals surface area contributed by atoms with Crippen LogP contribution in [0.4, 0.5) is 0 Å². The molecule has 0 fully saturated rings. The highest BCUT2D eigenvalue weighted by Crippen LogP contribution is 2.25. The molecule has 0 amide bonds. The molecule has 0 N–H and O–H groups in total. The molecule has 0 aliphatic rings. The minimum Gasteiger partial charge on any atom is -0.306 e. The number of hydrogen-bond donors (Lipinski definition) is 0. The molecular formula is C18H22ClN. The van der Waals surface area contributed by atoms with E-state index in [-0.39, 0.29) is 12.4 Å². The van der Waals surface area contributed by atoms with Crippen molar-refractivity contribution in [2.45, 2.75) is 6.92 Å². The van der Waals surface area contributed by atoms with Gasteiger partial charge in [0.25, 0.3) is 0 Å². The van der Waals surface area contributed by atoms with Gasteiger partial charge in [0.15, 0.2) is 0 Å². The SMILES string of the molecule is Cc1ccccc1/C(=C/CN(C)C)c1ccccc1.Cl. The molecule has 0 saturated carbocycles. The Balaban J connectivity index is 0.00000200. The summed E-state index contributed by atoms with van der Waals surface area (Å²) in [5.41, 5.74) is 5.22. The number of benzene rings is 2. The zero-order valence-electron chi connectivity index (χ0n) is 12.3. The number of likely N-dealkylation sites (N-methyl/N-ethyl adjacent to an activating group) is 1. The van der Waals surface area contributed by atoms with Crippen LogP contribution in [-0.2, 0) is 0 Å². The summed E-state index contributed by atoms with van der Waals surface area (Å²) in [5, 5.41) is 0. The van der Waals surface area contributed by atoms with Crippen LogP contribution in [0.2, 0.25) is 0 Å². The van der Waals surface area contributed by atoms with Crippen molar-refractivity contribution in [3.63, 3.8) is 0 Å². The number of hydrogen-bond acceptors (Lipinski definition) is 1. The summed E-state index contributed by atoms with van der Waals surface area (Å²) in [6.45, 7) is 3.11. The Morgan fingerprint density at radius 3 is 2.15 bits per heavy atom. The molecule has 0 spiro atoms. The molecule has 20 heavy (non-hydrogen) atoms. The fourth-order valence-corrected chi connectivity index (χ4v) is 2.15. The molecule has 0 aliphatic heterocycles. The highest BCUT2D eigenvalue weighted by Gasteiger charge is 2.06. The Bertz CT molecular complexity index is 559. The minimum atomic E-state index is 0. The number of aryl methyl sites for hydroxylation is 1. The predicted octanol–water partition coefficient (Wildman–Crippen LogP) is 4.41. The molecule has 0 aromatic heterocycles. The zero-order chi connectivity index (χ0) is 13.7. The van der Waals surface area contributed by atoms with E-state index in [0.717, 1.165) is 6.54 Å². The van der Waals surface area contributed by atoms with Gasteiger partial charge >= 0.3 is 0 Å². The minimum absolute atomic E-state index is 0. The lowest BCUT2D eigenvalue weighted by atomic mass is 9.94. The van der Waals surface area contributed by atoms with Gasteiger partial charge in [0, 0.05) is 6.54 Å². The van der Waals surface area contributed by atoms with Gasteiger partial charge in [0.05, 0.1) is 0 Å². The van der Waals surface area contributed by atoms with Gasteiger partial charge in [-0.05, 0) is 43.3 Å². The molecule has 1 nitrogen and oxygen atoms in total. The van der Waals surface area contributed by atoms with E-state index in [0.29, 0.717) is 0 Å². The predicted molar refractivity (Wildman–Crippen MR) is 90.5 cm³/mol. The Labute approximate surface area is 128 Å². The lowest BCUT2D eigenvalue weighted by molar-refractivity contribution is 0.457. The second kappa shape index (κ2) is 7.88. The van der Waals surface area contributed by atoms with Gasteiger partial charge in [-0.2, -0.15) is 0 Å². The number of rotatable bonds is 4. The third-order valence-electron chi connectivity index (χ3n) is 3.18. The Kier molecular flexibility index (Phi) is 6.50. The van der Waals surface area contributed by atoms with E-state index in [1.165, 1.54) is 22.3 Å². The van der Waals surface area contributed by atoms with Crippen LogP contribution in [-0.4, -0.2) is 25.5 Å². The third kappa shape index (κ3) is 4.22. The van der Waals surface area contributed by atoms with Gasteiger partial charge in [-0.3, -0.25) is 0 Å².